The molecule has 16 aromatic carbocycles. The molecule has 0 aliphatic heterocycles. The van der Waals surface area contributed by atoms with E-state index in [4.69, 9.17) is 0 Å². The second-order valence-corrected chi connectivity index (χ2v) is 30.4. The molecule has 0 unspecified atom stereocenters. The largest absolute Gasteiger partial charge is 0.310 e. The van der Waals surface area contributed by atoms with Crippen LogP contribution in [-0.4, -0.2) is 13.4 Å². The van der Waals surface area contributed by atoms with E-state index < -0.39 is 0 Å². The molecule has 0 atom stereocenters. The van der Waals surface area contributed by atoms with Gasteiger partial charge in [0.2, 0.25) is 13.4 Å². The molecular formula is C102H92B2N4. The Morgan fingerprint density at radius 2 is 0.361 bits per heavy atom. The first-order chi connectivity index (χ1) is 52.6. The topological polar surface area (TPSA) is 13.0 Å². The molecule has 0 bridgehead atoms. The van der Waals surface area contributed by atoms with Gasteiger partial charge in [0.05, 0.1) is 0 Å². The highest BCUT2D eigenvalue weighted by atomic mass is 15.2. The zero-order valence-corrected chi connectivity index (χ0v) is 64.3. The third kappa shape index (κ3) is 13.0. The van der Waals surface area contributed by atoms with Crippen LogP contribution in [0.5, 0.6) is 0 Å². The van der Waals surface area contributed by atoms with Gasteiger partial charge in [-0.2, -0.15) is 0 Å². The third-order valence-corrected chi connectivity index (χ3v) is 22.5. The second kappa shape index (κ2) is 29.7. The van der Waals surface area contributed by atoms with Crippen LogP contribution in [0.4, 0.5) is 68.2 Å². The summed E-state index contributed by atoms with van der Waals surface area (Å²) in [5.41, 5.74) is 34.1. The number of anilines is 12. The molecule has 16 aromatic rings. The van der Waals surface area contributed by atoms with Gasteiger partial charge >= 0.3 is 0 Å². The number of benzene rings is 16. The van der Waals surface area contributed by atoms with E-state index in [2.05, 4.69) is 430 Å². The van der Waals surface area contributed by atoms with Gasteiger partial charge in [0, 0.05) is 68.2 Å². The maximum absolute atomic E-state index is 2.63. The minimum absolute atomic E-state index is 0.180. The lowest BCUT2D eigenvalue weighted by molar-refractivity contribution is 0.877. The fourth-order valence-corrected chi connectivity index (χ4v) is 18.0. The zero-order valence-electron chi connectivity index (χ0n) is 64.3. The summed E-state index contributed by atoms with van der Waals surface area (Å²) in [6.45, 7) is 28.2. The molecule has 0 aromatic heterocycles. The minimum Gasteiger partial charge on any atom is -0.310 e. The molecule has 16 rings (SSSR count). The first-order valence-corrected chi connectivity index (χ1v) is 38.4. The van der Waals surface area contributed by atoms with Crippen molar-refractivity contribution in [2.75, 3.05) is 19.6 Å². The maximum atomic E-state index is 2.63. The number of hydrogen-bond acceptors (Lipinski definition) is 4. The summed E-state index contributed by atoms with van der Waals surface area (Å²) < 4.78 is 0. The molecule has 0 saturated carbocycles. The van der Waals surface area contributed by atoms with E-state index >= 15 is 0 Å². The predicted molar refractivity (Wildman–Crippen MR) is 470 cm³/mol. The van der Waals surface area contributed by atoms with Gasteiger partial charge in [0.15, 0.2) is 0 Å². The van der Waals surface area contributed by atoms with E-state index in [-0.39, 0.29) is 25.3 Å². The standard InChI is InChI=1S/C102H92B2N4/c1-67(2)93-65-95(103(99-69(5)57-85(58-70(99)6)105(77-37-21-13-22-38-77)78-39-23-14-24-40-78)100-71(7)59-86(60-72(100)8)106(79-41-25-15-26-42-79)80-43-27-16-28-44-80)91-56-54-90-94(68(3)4)66-96(92-55-53-89(93)97(91)98(90)92)104(101-73(9)61-87(62-74(101)10)107(81-45-29-17-30-46-81)82-47-31-18-32-48-82)102-75(11)63-88(64-76(102)12)108(83-49-33-19-34-50-83)84-51-35-20-36-52-84/h13-68H,1-12H3. The molecule has 0 N–H and O–H groups in total. The van der Waals surface area contributed by atoms with Gasteiger partial charge in [0.1, 0.15) is 0 Å². The zero-order chi connectivity index (χ0) is 74.4. The summed E-state index contributed by atoms with van der Waals surface area (Å²) in [4.78, 5) is 9.66. The van der Waals surface area contributed by atoms with Gasteiger partial charge in [-0.1, -0.05) is 287 Å². The summed E-state index contributed by atoms with van der Waals surface area (Å²) >= 11 is 0. The monoisotopic (exact) mass is 1390 g/mol. The molecule has 4 nitrogen and oxygen atoms in total. The molecule has 0 amide bonds. The van der Waals surface area contributed by atoms with Crippen molar-refractivity contribution >= 4 is 147 Å². The number of rotatable bonds is 20. The first-order valence-electron chi connectivity index (χ1n) is 38.4. The quantitative estimate of drug-likeness (QED) is 0.0557. The number of para-hydroxylation sites is 8. The fourth-order valence-electron chi connectivity index (χ4n) is 18.0. The van der Waals surface area contributed by atoms with E-state index in [9.17, 15) is 0 Å². The van der Waals surface area contributed by atoms with Crippen LogP contribution in [0.3, 0.4) is 0 Å². The highest BCUT2D eigenvalue weighted by molar-refractivity contribution is 6.99. The molecule has 0 aliphatic rings. The van der Waals surface area contributed by atoms with E-state index in [0.717, 1.165) is 68.2 Å². The van der Waals surface area contributed by atoms with Crippen LogP contribution < -0.4 is 52.4 Å². The smallest absolute Gasteiger partial charge is 0.243 e. The van der Waals surface area contributed by atoms with Crippen molar-refractivity contribution in [2.45, 2.75) is 94.9 Å². The minimum atomic E-state index is -0.180. The van der Waals surface area contributed by atoms with E-state index in [1.54, 1.807) is 0 Å². The summed E-state index contributed by atoms with van der Waals surface area (Å²) in [5.74, 6) is 0.390. The van der Waals surface area contributed by atoms with Gasteiger partial charge in [-0.25, -0.2) is 0 Å². The van der Waals surface area contributed by atoms with Crippen LogP contribution >= 0.6 is 0 Å². The molecule has 0 aliphatic carbocycles. The molecule has 0 heterocycles. The Morgan fingerprint density at radius 3 is 0.528 bits per heavy atom. The average Bonchev–Trinajstić information content (AvgIpc) is 0.700. The molecule has 0 fully saturated rings. The maximum Gasteiger partial charge on any atom is 0.243 e. The molecule has 0 spiro atoms. The fraction of sp³-hybridized carbons (Fsp3) is 0.137. The number of aryl methyl sites for hydroxylation is 8. The Bertz CT molecular complexity index is 5020. The lowest BCUT2D eigenvalue weighted by Crippen LogP contribution is -2.56. The van der Waals surface area contributed by atoms with E-state index in [1.165, 1.54) is 121 Å². The van der Waals surface area contributed by atoms with Gasteiger partial charge in [-0.15, -0.1) is 0 Å². The second-order valence-electron chi connectivity index (χ2n) is 30.4. The molecule has 6 heteroatoms. The van der Waals surface area contributed by atoms with E-state index in [0.29, 0.717) is 0 Å². The summed E-state index contributed by atoms with van der Waals surface area (Å²) in [7, 11) is 0. The molecule has 0 radical (unpaired) electrons. The van der Waals surface area contributed by atoms with Crippen molar-refractivity contribution in [1.29, 1.82) is 0 Å². The Hall–Kier alpha value is -12.1. The molecular weight excluding hydrogens is 1300 g/mol. The highest BCUT2D eigenvalue weighted by Gasteiger charge is 2.37. The lowest BCUT2D eigenvalue weighted by atomic mass is 9.33. The number of hydrogen-bond donors (Lipinski definition) is 0. The van der Waals surface area contributed by atoms with Crippen LogP contribution in [0, 0.1) is 55.4 Å². The van der Waals surface area contributed by atoms with Crippen LogP contribution in [-0.2, 0) is 0 Å². The molecule has 108 heavy (non-hydrogen) atoms. The molecule has 526 valence electrons. The Morgan fingerprint density at radius 1 is 0.194 bits per heavy atom. The van der Waals surface area contributed by atoms with Crippen molar-refractivity contribution < 1.29 is 0 Å². The Labute approximate surface area is 640 Å². The Balaban J connectivity index is 0.978. The van der Waals surface area contributed by atoms with Gasteiger partial charge < -0.3 is 19.6 Å². The van der Waals surface area contributed by atoms with Gasteiger partial charge in [-0.3, -0.25) is 0 Å². The third-order valence-electron chi connectivity index (χ3n) is 22.5. The molecule has 0 saturated heterocycles. The van der Waals surface area contributed by atoms with Crippen molar-refractivity contribution in [3.8, 4) is 0 Å². The van der Waals surface area contributed by atoms with Gasteiger partial charge in [0.25, 0.3) is 0 Å². The Kier molecular flexibility index (Phi) is 19.3. The summed E-state index contributed by atoms with van der Waals surface area (Å²) in [6, 6.07) is 122. The predicted octanol–water partition coefficient (Wildman–Crippen LogP) is 24.2. The lowest BCUT2D eigenvalue weighted by Gasteiger charge is -2.32. The van der Waals surface area contributed by atoms with Crippen molar-refractivity contribution in [2.24, 2.45) is 0 Å². The van der Waals surface area contributed by atoms with Crippen LogP contribution in [0.15, 0.2) is 328 Å². The van der Waals surface area contributed by atoms with Crippen molar-refractivity contribution in [3.05, 3.63) is 383 Å². The van der Waals surface area contributed by atoms with E-state index in [1.807, 2.05) is 0 Å². The normalized spacial score (nSPS) is 11.5. The van der Waals surface area contributed by atoms with Crippen LogP contribution in [0.2, 0.25) is 0 Å². The van der Waals surface area contributed by atoms with Gasteiger partial charge in [-0.05, 0) is 256 Å². The first kappa shape index (κ1) is 70.2. The highest BCUT2D eigenvalue weighted by Crippen LogP contribution is 2.44. The van der Waals surface area contributed by atoms with Crippen molar-refractivity contribution in [1.82, 2.24) is 0 Å². The summed E-state index contributed by atoms with van der Waals surface area (Å²) in [5, 5.41) is 7.88. The van der Waals surface area contributed by atoms with Crippen LogP contribution in [0.25, 0.3) is 32.3 Å². The average molecular weight is 1400 g/mol. The van der Waals surface area contributed by atoms with Crippen LogP contribution in [0.1, 0.15) is 95.2 Å². The summed E-state index contributed by atoms with van der Waals surface area (Å²) in [6.07, 6.45) is 0. The number of nitrogens with zero attached hydrogens (tertiary/aromatic N) is 4. The SMILES string of the molecule is Cc1cc(N(c2ccccc2)c2ccccc2)cc(C)c1B(c1c(C)cc(N(c2ccccc2)c2ccccc2)cc1C)c1cc(C(C)C)c2ccc3c(B(c4c(C)cc(N(c5ccccc5)c5ccccc5)cc4C)c4c(C)cc(N(c5ccccc5)c5ccccc5)cc4C)cc(C(C)C)c4ccc1c2c34. The van der Waals surface area contributed by atoms with Crippen molar-refractivity contribution in [3.63, 3.8) is 0 Å².